The molecule has 1 rings (SSSR count). The Bertz CT molecular complexity index is 670. The van der Waals surface area contributed by atoms with E-state index in [0.29, 0.717) is 28.6 Å². The number of hydrazine groups is 1. The van der Waals surface area contributed by atoms with Crippen molar-refractivity contribution in [3.05, 3.63) is 28.2 Å². The number of carbonyl (C=O) groups is 3. The summed E-state index contributed by atoms with van der Waals surface area (Å²) in [5.74, 6) is -1.07. The number of hydrogen-bond acceptors (Lipinski definition) is 4. The van der Waals surface area contributed by atoms with Gasteiger partial charge in [-0.15, -0.1) is 0 Å². The van der Waals surface area contributed by atoms with Crippen molar-refractivity contribution in [2.45, 2.75) is 32.6 Å². The highest BCUT2D eigenvalue weighted by Gasteiger charge is 2.10. The van der Waals surface area contributed by atoms with Crippen molar-refractivity contribution in [3.63, 3.8) is 0 Å². The standard InChI is InChI=1S/C15H18Cl2N4O3S/c1-2-3-12(22)19-15(25)21-20-14(24)7-6-13(23)18-11-5-4-9(16)8-10(11)17/h4-5,8H,2-3,6-7H2,1H3,(H,18,23)(H,20,24)(H2,19,21,22,25). The molecule has 7 nitrogen and oxygen atoms in total. The zero-order chi connectivity index (χ0) is 18.8. The van der Waals surface area contributed by atoms with E-state index in [0.717, 1.165) is 0 Å². The van der Waals surface area contributed by atoms with Gasteiger partial charge in [-0.05, 0) is 36.8 Å². The third-order valence-corrected chi connectivity index (χ3v) is 3.58. The van der Waals surface area contributed by atoms with E-state index in [2.05, 4.69) is 21.5 Å². The molecule has 0 unspecified atom stereocenters. The van der Waals surface area contributed by atoms with Crippen LogP contribution in [0.2, 0.25) is 10.0 Å². The van der Waals surface area contributed by atoms with Gasteiger partial charge in [0.25, 0.3) is 0 Å². The van der Waals surface area contributed by atoms with Crippen LogP contribution in [0, 0.1) is 0 Å². The molecule has 0 saturated carbocycles. The van der Waals surface area contributed by atoms with Crippen molar-refractivity contribution < 1.29 is 14.4 Å². The van der Waals surface area contributed by atoms with Gasteiger partial charge in [0.15, 0.2) is 5.11 Å². The first-order chi connectivity index (χ1) is 11.8. The van der Waals surface area contributed by atoms with Gasteiger partial charge in [-0.3, -0.25) is 25.2 Å². The Balaban J connectivity index is 2.30. The topological polar surface area (TPSA) is 99.3 Å². The van der Waals surface area contributed by atoms with Gasteiger partial charge in [0.2, 0.25) is 17.7 Å². The number of halogens is 2. The maximum Gasteiger partial charge on any atom is 0.238 e. The number of carbonyl (C=O) groups excluding carboxylic acids is 3. The average molecular weight is 405 g/mol. The molecule has 0 aromatic heterocycles. The Morgan fingerprint density at radius 1 is 1.00 bits per heavy atom. The van der Waals surface area contributed by atoms with Crippen molar-refractivity contribution in [1.29, 1.82) is 0 Å². The number of benzene rings is 1. The Kier molecular flexibility index (Phi) is 9.18. The Labute approximate surface area is 160 Å². The van der Waals surface area contributed by atoms with Crippen LogP contribution in [0.25, 0.3) is 0 Å². The maximum atomic E-state index is 11.8. The van der Waals surface area contributed by atoms with Crippen LogP contribution in [0.4, 0.5) is 5.69 Å². The van der Waals surface area contributed by atoms with Gasteiger partial charge in [-0.2, -0.15) is 0 Å². The molecule has 0 aliphatic rings. The minimum atomic E-state index is -0.454. The van der Waals surface area contributed by atoms with Crippen LogP contribution in [0.3, 0.4) is 0 Å². The van der Waals surface area contributed by atoms with Gasteiger partial charge in [0.1, 0.15) is 0 Å². The molecule has 1 aromatic rings. The second-order valence-electron chi connectivity index (χ2n) is 4.97. The summed E-state index contributed by atoms with van der Waals surface area (Å²) in [5, 5.41) is 5.74. The van der Waals surface area contributed by atoms with Crippen LogP contribution >= 0.6 is 35.4 Å². The number of hydrogen-bond donors (Lipinski definition) is 4. The van der Waals surface area contributed by atoms with E-state index in [1.165, 1.54) is 6.07 Å². The molecule has 0 bridgehead atoms. The van der Waals surface area contributed by atoms with Crippen LogP contribution in [0.15, 0.2) is 18.2 Å². The summed E-state index contributed by atoms with van der Waals surface area (Å²) < 4.78 is 0. The summed E-state index contributed by atoms with van der Waals surface area (Å²) in [7, 11) is 0. The van der Waals surface area contributed by atoms with Crippen molar-refractivity contribution in [2.24, 2.45) is 0 Å². The molecule has 0 aliphatic heterocycles. The number of anilines is 1. The molecule has 10 heteroatoms. The van der Waals surface area contributed by atoms with Crippen molar-refractivity contribution in [3.8, 4) is 0 Å². The molecule has 0 aliphatic carbocycles. The Hall–Kier alpha value is -1.90. The predicted octanol–water partition coefficient (Wildman–Crippen LogP) is 2.53. The van der Waals surface area contributed by atoms with Crippen LogP contribution in [-0.2, 0) is 14.4 Å². The largest absolute Gasteiger partial charge is 0.325 e. The third kappa shape index (κ3) is 8.67. The fraction of sp³-hybridized carbons (Fsp3) is 0.333. The normalized spacial score (nSPS) is 9.88. The fourth-order valence-corrected chi connectivity index (χ4v) is 2.29. The molecule has 0 radical (unpaired) electrons. The van der Waals surface area contributed by atoms with Crippen LogP contribution < -0.4 is 21.5 Å². The molecule has 3 amide bonds. The SMILES string of the molecule is CCCC(=O)NC(=S)NNC(=O)CCC(=O)Nc1ccc(Cl)cc1Cl. The van der Waals surface area contributed by atoms with Gasteiger partial charge in [0.05, 0.1) is 10.7 Å². The fourth-order valence-electron chi connectivity index (χ4n) is 1.67. The minimum absolute atomic E-state index is 0.0100. The first-order valence-corrected chi connectivity index (χ1v) is 8.61. The van der Waals surface area contributed by atoms with E-state index in [4.69, 9.17) is 35.4 Å². The van der Waals surface area contributed by atoms with Crippen LogP contribution in [-0.4, -0.2) is 22.8 Å². The van der Waals surface area contributed by atoms with E-state index in [1.807, 2.05) is 6.92 Å². The summed E-state index contributed by atoms with van der Waals surface area (Å²) in [6.45, 7) is 1.86. The minimum Gasteiger partial charge on any atom is -0.325 e. The van der Waals surface area contributed by atoms with Gasteiger partial charge in [0, 0.05) is 24.3 Å². The number of rotatable bonds is 6. The quantitative estimate of drug-likeness (QED) is 0.431. The van der Waals surface area contributed by atoms with E-state index < -0.39 is 5.91 Å². The van der Waals surface area contributed by atoms with E-state index in [9.17, 15) is 14.4 Å². The Morgan fingerprint density at radius 3 is 2.32 bits per heavy atom. The Morgan fingerprint density at radius 2 is 1.68 bits per heavy atom. The number of amides is 3. The predicted molar refractivity (Wildman–Crippen MR) is 101 cm³/mol. The number of thiocarbonyl (C=S) groups is 1. The highest BCUT2D eigenvalue weighted by atomic mass is 35.5. The summed E-state index contributed by atoms with van der Waals surface area (Å²) in [5.41, 5.74) is 5.10. The summed E-state index contributed by atoms with van der Waals surface area (Å²) in [6, 6.07) is 4.66. The highest BCUT2D eigenvalue weighted by Crippen LogP contribution is 2.25. The average Bonchev–Trinajstić information content (AvgIpc) is 2.54. The first kappa shape index (κ1) is 21.1. The lowest BCUT2D eigenvalue weighted by molar-refractivity contribution is -0.124. The zero-order valence-corrected chi connectivity index (χ0v) is 15.8. The maximum absolute atomic E-state index is 11.8. The second kappa shape index (κ2) is 10.9. The van der Waals surface area contributed by atoms with Gasteiger partial charge < -0.3 is 10.6 Å². The highest BCUT2D eigenvalue weighted by molar-refractivity contribution is 7.80. The molecule has 1 aromatic carbocycles. The zero-order valence-electron chi connectivity index (χ0n) is 13.4. The molecule has 0 spiro atoms. The molecule has 0 fully saturated rings. The van der Waals surface area contributed by atoms with E-state index >= 15 is 0 Å². The monoisotopic (exact) mass is 404 g/mol. The summed E-state index contributed by atoms with van der Waals surface area (Å²) in [6.07, 6.45) is 0.897. The molecule has 0 heterocycles. The van der Waals surface area contributed by atoms with Crippen LogP contribution in [0.1, 0.15) is 32.6 Å². The summed E-state index contributed by atoms with van der Waals surface area (Å²) >= 11 is 16.6. The molecule has 0 saturated heterocycles. The van der Waals surface area contributed by atoms with E-state index in [1.54, 1.807) is 12.1 Å². The lowest BCUT2D eigenvalue weighted by Crippen LogP contribution is -2.48. The van der Waals surface area contributed by atoms with Crippen molar-refractivity contribution in [1.82, 2.24) is 16.2 Å². The van der Waals surface area contributed by atoms with Crippen LogP contribution in [0.5, 0.6) is 0 Å². The summed E-state index contributed by atoms with van der Waals surface area (Å²) in [4.78, 5) is 34.8. The third-order valence-electron chi connectivity index (χ3n) is 2.83. The molecular formula is C15H18Cl2N4O3S. The van der Waals surface area contributed by atoms with E-state index in [-0.39, 0.29) is 29.8 Å². The smallest absolute Gasteiger partial charge is 0.238 e. The lowest BCUT2D eigenvalue weighted by Gasteiger charge is -2.11. The number of nitrogens with one attached hydrogen (secondary N) is 4. The molecule has 0 atom stereocenters. The molecular weight excluding hydrogens is 387 g/mol. The van der Waals surface area contributed by atoms with Gasteiger partial charge in [-0.1, -0.05) is 30.1 Å². The van der Waals surface area contributed by atoms with Gasteiger partial charge >= 0.3 is 0 Å². The van der Waals surface area contributed by atoms with Crippen molar-refractivity contribution in [2.75, 3.05) is 5.32 Å². The molecule has 136 valence electrons. The van der Waals surface area contributed by atoms with Crippen molar-refractivity contribution >= 4 is 63.9 Å². The molecule has 4 N–H and O–H groups in total. The lowest BCUT2D eigenvalue weighted by atomic mass is 10.2. The van der Waals surface area contributed by atoms with Gasteiger partial charge in [-0.25, -0.2) is 0 Å². The molecule has 25 heavy (non-hydrogen) atoms. The first-order valence-electron chi connectivity index (χ1n) is 7.45. The second-order valence-corrected chi connectivity index (χ2v) is 6.22.